The first kappa shape index (κ1) is 15.1. The highest BCUT2D eigenvalue weighted by molar-refractivity contribution is 5.76. The highest BCUT2D eigenvalue weighted by Gasteiger charge is 2.27. The largest absolute Gasteiger partial charge is 0.481 e. The molecule has 0 aromatic carbocycles. The Labute approximate surface area is 118 Å². The van der Waals surface area contributed by atoms with Gasteiger partial charge in [-0.15, -0.1) is 0 Å². The van der Waals surface area contributed by atoms with Gasteiger partial charge in [0.05, 0.1) is 19.1 Å². The summed E-state index contributed by atoms with van der Waals surface area (Å²) < 4.78 is 5.26. The van der Waals surface area contributed by atoms with Crippen LogP contribution in [0.5, 0.6) is 0 Å². The van der Waals surface area contributed by atoms with E-state index in [1.54, 1.807) is 4.90 Å². The number of carbonyl (C=O) groups is 2. The second-order valence-electron chi connectivity index (χ2n) is 5.31. The van der Waals surface area contributed by atoms with Gasteiger partial charge in [-0.2, -0.15) is 0 Å². The number of carboxylic acid groups (broad SMARTS) is 1. The van der Waals surface area contributed by atoms with Crippen LogP contribution in [0.15, 0.2) is 0 Å². The van der Waals surface area contributed by atoms with E-state index in [4.69, 9.17) is 9.84 Å². The van der Waals surface area contributed by atoms with Crippen LogP contribution in [0.3, 0.4) is 0 Å². The molecule has 0 spiro atoms. The SMILES string of the molecule is O=C(O)C1CCCN(C(=O)NCCN2CCOCC2)C1. The molecule has 2 aliphatic rings. The van der Waals surface area contributed by atoms with Crippen LogP contribution in [-0.2, 0) is 9.53 Å². The molecule has 7 nitrogen and oxygen atoms in total. The summed E-state index contributed by atoms with van der Waals surface area (Å²) in [6.45, 7) is 5.67. The predicted molar refractivity (Wildman–Crippen MR) is 72.6 cm³/mol. The van der Waals surface area contributed by atoms with Crippen LogP contribution in [0.1, 0.15) is 12.8 Å². The van der Waals surface area contributed by atoms with Crippen molar-refractivity contribution in [2.45, 2.75) is 12.8 Å². The lowest BCUT2D eigenvalue weighted by molar-refractivity contribution is -0.143. The Balaban J connectivity index is 1.67. The Hall–Kier alpha value is -1.34. The van der Waals surface area contributed by atoms with Gasteiger partial charge in [-0.1, -0.05) is 0 Å². The molecule has 2 N–H and O–H groups in total. The fraction of sp³-hybridized carbons (Fsp3) is 0.846. The molecule has 0 aromatic heterocycles. The van der Waals surface area contributed by atoms with Crippen molar-refractivity contribution in [3.8, 4) is 0 Å². The van der Waals surface area contributed by atoms with Crippen LogP contribution in [0.4, 0.5) is 4.79 Å². The molecule has 2 rings (SSSR count). The van der Waals surface area contributed by atoms with E-state index in [1.165, 1.54) is 0 Å². The van der Waals surface area contributed by atoms with Gasteiger partial charge in [-0.25, -0.2) is 4.79 Å². The molecule has 7 heteroatoms. The van der Waals surface area contributed by atoms with E-state index in [-0.39, 0.29) is 6.03 Å². The molecular weight excluding hydrogens is 262 g/mol. The summed E-state index contributed by atoms with van der Waals surface area (Å²) in [5.74, 6) is -1.23. The Kier molecular flexibility index (Phi) is 5.60. The lowest BCUT2D eigenvalue weighted by atomic mass is 9.99. The van der Waals surface area contributed by atoms with E-state index in [9.17, 15) is 9.59 Å². The smallest absolute Gasteiger partial charge is 0.317 e. The van der Waals surface area contributed by atoms with Crippen molar-refractivity contribution in [1.82, 2.24) is 15.1 Å². The first-order chi connectivity index (χ1) is 9.66. The topological polar surface area (TPSA) is 82.1 Å². The van der Waals surface area contributed by atoms with Crippen LogP contribution in [0.25, 0.3) is 0 Å². The van der Waals surface area contributed by atoms with Crippen molar-refractivity contribution in [3.05, 3.63) is 0 Å². The highest BCUT2D eigenvalue weighted by atomic mass is 16.5. The Bertz CT molecular complexity index is 345. The van der Waals surface area contributed by atoms with E-state index >= 15 is 0 Å². The number of urea groups is 1. The van der Waals surface area contributed by atoms with Gasteiger partial charge in [0.1, 0.15) is 0 Å². The second-order valence-corrected chi connectivity index (χ2v) is 5.31. The molecule has 0 aromatic rings. The maximum Gasteiger partial charge on any atom is 0.317 e. The number of nitrogens with zero attached hydrogens (tertiary/aromatic N) is 2. The third kappa shape index (κ3) is 4.35. The second kappa shape index (κ2) is 7.44. The molecule has 0 saturated carbocycles. The third-order valence-electron chi connectivity index (χ3n) is 3.87. The van der Waals surface area contributed by atoms with Crippen LogP contribution in [0, 0.1) is 5.92 Å². The molecular formula is C13H23N3O4. The van der Waals surface area contributed by atoms with Gasteiger partial charge in [-0.05, 0) is 12.8 Å². The van der Waals surface area contributed by atoms with Crippen LogP contribution < -0.4 is 5.32 Å². The van der Waals surface area contributed by atoms with Crippen molar-refractivity contribution in [2.75, 3.05) is 52.5 Å². The van der Waals surface area contributed by atoms with Crippen LogP contribution in [-0.4, -0.2) is 79.4 Å². The molecule has 1 atom stereocenters. The first-order valence-electron chi connectivity index (χ1n) is 7.22. The Morgan fingerprint density at radius 1 is 1.25 bits per heavy atom. The maximum atomic E-state index is 12.0. The summed E-state index contributed by atoms with van der Waals surface area (Å²) in [6.07, 6.45) is 1.42. The van der Waals surface area contributed by atoms with E-state index in [0.717, 1.165) is 39.3 Å². The van der Waals surface area contributed by atoms with Gasteiger partial charge >= 0.3 is 12.0 Å². The number of nitrogens with one attached hydrogen (secondary N) is 1. The molecule has 2 aliphatic heterocycles. The average Bonchev–Trinajstić information content (AvgIpc) is 2.48. The zero-order valence-electron chi connectivity index (χ0n) is 11.7. The number of hydrogen-bond acceptors (Lipinski definition) is 4. The molecule has 2 fully saturated rings. The van der Waals surface area contributed by atoms with Gasteiger partial charge in [-0.3, -0.25) is 9.69 Å². The highest BCUT2D eigenvalue weighted by Crippen LogP contribution is 2.16. The van der Waals surface area contributed by atoms with Gasteiger partial charge in [0.25, 0.3) is 0 Å². The van der Waals surface area contributed by atoms with Crippen molar-refractivity contribution in [3.63, 3.8) is 0 Å². The van der Waals surface area contributed by atoms with Crippen LogP contribution in [0.2, 0.25) is 0 Å². The molecule has 1 unspecified atom stereocenters. The fourth-order valence-corrected chi connectivity index (χ4v) is 2.62. The minimum Gasteiger partial charge on any atom is -0.481 e. The summed E-state index contributed by atoms with van der Waals surface area (Å²) in [5.41, 5.74) is 0. The quantitative estimate of drug-likeness (QED) is 0.749. The number of rotatable bonds is 4. The number of likely N-dealkylation sites (tertiary alicyclic amines) is 1. The minimum atomic E-state index is -0.809. The third-order valence-corrected chi connectivity index (χ3v) is 3.87. The van der Waals surface area contributed by atoms with Crippen molar-refractivity contribution in [2.24, 2.45) is 5.92 Å². The number of morpholine rings is 1. The van der Waals surface area contributed by atoms with E-state index in [0.29, 0.717) is 26.1 Å². The van der Waals surface area contributed by atoms with Gasteiger partial charge in [0.2, 0.25) is 0 Å². The zero-order valence-corrected chi connectivity index (χ0v) is 11.7. The number of carboxylic acids is 1. The molecule has 2 heterocycles. The van der Waals surface area contributed by atoms with Crippen molar-refractivity contribution in [1.29, 1.82) is 0 Å². The fourth-order valence-electron chi connectivity index (χ4n) is 2.62. The molecule has 2 amide bonds. The van der Waals surface area contributed by atoms with Crippen LogP contribution >= 0.6 is 0 Å². The molecule has 114 valence electrons. The summed E-state index contributed by atoms with van der Waals surface area (Å²) in [7, 11) is 0. The van der Waals surface area contributed by atoms with Gasteiger partial charge in [0.15, 0.2) is 0 Å². The Morgan fingerprint density at radius 3 is 2.70 bits per heavy atom. The first-order valence-corrected chi connectivity index (χ1v) is 7.22. The maximum absolute atomic E-state index is 12.0. The Morgan fingerprint density at radius 2 is 2.00 bits per heavy atom. The molecule has 2 saturated heterocycles. The van der Waals surface area contributed by atoms with Crippen molar-refractivity contribution >= 4 is 12.0 Å². The number of piperidine rings is 1. The normalized spacial score (nSPS) is 24.4. The van der Waals surface area contributed by atoms with Gasteiger partial charge in [0, 0.05) is 39.3 Å². The van der Waals surface area contributed by atoms with E-state index in [2.05, 4.69) is 10.2 Å². The molecule has 20 heavy (non-hydrogen) atoms. The van der Waals surface area contributed by atoms with Crippen molar-refractivity contribution < 1.29 is 19.4 Å². The summed E-state index contributed by atoms with van der Waals surface area (Å²) in [5, 5.41) is 11.9. The number of amides is 2. The minimum absolute atomic E-state index is 0.149. The van der Waals surface area contributed by atoms with E-state index in [1.807, 2.05) is 0 Å². The molecule has 0 bridgehead atoms. The lowest BCUT2D eigenvalue weighted by Gasteiger charge is -2.31. The summed E-state index contributed by atoms with van der Waals surface area (Å²) >= 11 is 0. The van der Waals surface area contributed by atoms with E-state index < -0.39 is 11.9 Å². The van der Waals surface area contributed by atoms with Gasteiger partial charge < -0.3 is 20.1 Å². The standard InChI is InChI=1S/C13H23N3O4/c17-12(18)11-2-1-4-16(10-11)13(19)14-3-5-15-6-8-20-9-7-15/h11H,1-10H2,(H,14,19)(H,17,18). The monoisotopic (exact) mass is 285 g/mol. The lowest BCUT2D eigenvalue weighted by Crippen LogP contribution is -2.49. The summed E-state index contributed by atoms with van der Waals surface area (Å²) in [6, 6.07) is -0.149. The number of carbonyl (C=O) groups excluding carboxylic acids is 1. The molecule has 0 aliphatic carbocycles. The average molecular weight is 285 g/mol. The predicted octanol–water partition coefficient (Wildman–Crippen LogP) is -0.175. The zero-order chi connectivity index (χ0) is 14.4. The summed E-state index contributed by atoms with van der Waals surface area (Å²) in [4.78, 5) is 26.8. The molecule has 0 radical (unpaired) electrons. The number of hydrogen-bond donors (Lipinski definition) is 2. The number of ether oxygens (including phenoxy) is 1. The number of aliphatic carboxylic acids is 1.